The molecule has 4 nitrogen and oxygen atoms in total. The van der Waals surface area contributed by atoms with Crippen molar-refractivity contribution in [2.45, 2.75) is 17.8 Å². The van der Waals surface area contributed by atoms with Gasteiger partial charge >= 0.3 is 0 Å². The average molecular weight is 302 g/mol. The Hall–Kier alpha value is -1.66. The SMILES string of the molecule is CSc1nc2ccc(NCc3ccnc(C)n3)cc2s1. The van der Waals surface area contributed by atoms with Crippen LogP contribution in [0.1, 0.15) is 11.5 Å². The summed E-state index contributed by atoms with van der Waals surface area (Å²) in [5.41, 5.74) is 3.14. The van der Waals surface area contributed by atoms with Gasteiger partial charge in [-0.3, -0.25) is 0 Å². The highest BCUT2D eigenvalue weighted by Gasteiger charge is 2.04. The molecule has 0 atom stereocenters. The third kappa shape index (κ3) is 2.91. The highest BCUT2D eigenvalue weighted by atomic mass is 32.2. The van der Waals surface area contributed by atoms with E-state index in [1.165, 1.54) is 4.70 Å². The van der Waals surface area contributed by atoms with E-state index in [0.717, 1.165) is 27.1 Å². The molecular formula is C14H14N4S2. The first-order valence-corrected chi connectivity index (χ1v) is 8.26. The Bertz CT molecular complexity index is 739. The van der Waals surface area contributed by atoms with Gasteiger partial charge < -0.3 is 5.32 Å². The van der Waals surface area contributed by atoms with E-state index in [0.29, 0.717) is 6.54 Å². The van der Waals surface area contributed by atoms with Crippen LogP contribution in [0.25, 0.3) is 10.2 Å². The smallest absolute Gasteiger partial charge is 0.150 e. The summed E-state index contributed by atoms with van der Waals surface area (Å²) in [4.78, 5) is 13.0. The molecule has 0 unspecified atom stereocenters. The molecule has 0 aliphatic carbocycles. The maximum atomic E-state index is 4.54. The number of thiazole rings is 1. The van der Waals surface area contributed by atoms with Crippen molar-refractivity contribution in [3.05, 3.63) is 42.0 Å². The number of nitrogens with one attached hydrogen (secondary N) is 1. The van der Waals surface area contributed by atoms with E-state index in [4.69, 9.17) is 0 Å². The van der Waals surface area contributed by atoms with Gasteiger partial charge in [0.25, 0.3) is 0 Å². The molecule has 20 heavy (non-hydrogen) atoms. The lowest BCUT2D eigenvalue weighted by molar-refractivity contribution is 0.955. The third-order valence-electron chi connectivity index (χ3n) is 2.85. The van der Waals surface area contributed by atoms with Gasteiger partial charge in [0.05, 0.1) is 22.5 Å². The Balaban J connectivity index is 1.77. The lowest BCUT2D eigenvalue weighted by Gasteiger charge is -2.06. The van der Waals surface area contributed by atoms with E-state index in [2.05, 4.69) is 38.5 Å². The molecule has 3 aromatic rings. The average Bonchev–Trinajstić information content (AvgIpc) is 2.87. The fourth-order valence-electron chi connectivity index (χ4n) is 1.90. The number of rotatable bonds is 4. The molecule has 6 heteroatoms. The molecule has 0 aliphatic rings. The Morgan fingerprint density at radius 1 is 1.25 bits per heavy atom. The summed E-state index contributed by atoms with van der Waals surface area (Å²) < 4.78 is 2.31. The van der Waals surface area contributed by atoms with Crippen molar-refractivity contribution in [1.29, 1.82) is 0 Å². The summed E-state index contributed by atoms with van der Waals surface area (Å²) in [6.45, 7) is 2.60. The van der Waals surface area contributed by atoms with Crippen molar-refractivity contribution in [3.8, 4) is 0 Å². The van der Waals surface area contributed by atoms with Gasteiger partial charge in [-0.15, -0.1) is 11.3 Å². The minimum Gasteiger partial charge on any atom is -0.379 e. The molecule has 0 aliphatic heterocycles. The summed E-state index contributed by atoms with van der Waals surface area (Å²) in [6.07, 6.45) is 3.84. The van der Waals surface area contributed by atoms with Crippen molar-refractivity contribution >= 4 is 39.0 Å². The molecule has 0 spiro atoms. The molecule has 2 aromatic heterocycles. The van der Waals surface area contributed by atoms with Crippen LogP contribution in [0.2, 0.25) is 0 Å². The minimum atomic E-state index is 0.697. The van der Waals surface area contributed by atoms with Crippen LogP contribution < -0.4 is 5.32 Å². The Labute approximate surface area is 125 Å². The fraction of sp³-hybridized carbons (Fsp3) is 0.214. The molecule has 3 rings (SSSR count). The van der Waals surface area contributed by atoms with E-state index in [1.54, 1.807) is 29.3 Å². The van der Waals surface area contributed by atoms with Crippen molar-refractivity contribution in [3.63, 3.8) is 0 Å². The number of aryl methyl sites for hydroxylation is 1. The number of hydrogen-bond acceptors (Lipinski definition) is 6. The van der Waals surface area contributed by atoms with Crippen LogP contribution in [0.4, 0.5) is 5.69 Å². The third-order valence-corrected chi connectivity index (χ3v) is 4.85. The van der Waals surface area contributed by atoms with Crippen molar-refractivity contribution in [1.82, 2.24) is 15.0 Å². The van der Waals surface area contributed by atoms with E-state index in [9.17, 15) is 0 Å². The first-order valence-electron chi connectivity index (χ1n) is 6.21. The van der Waals surface area contributed by atoms with Gasteiger partial charge in [-0.2, -0.15) is 0 Å². The zero-order valence-electron chi connectivity index (χ0n) is 11.3. The largest absolute Gasteiger partial charge is 0.379 e. The molecule has 0 radical (unpaired) electrons. The maximum Gasteiger partial charge on any atom is 0.150 e. The molecule has 0 saturated carbocycles. The van der Waals surface area contributed by atoms with Crippen LogP contribution in [-0.2, 0) is 6.54 Å². The summed E-state index contributed by atoms with van der Waals surface area (Å²) >= 11 is 3.40. The van der Waals surface area contributed by atoms with Gasteiger partial charge in [-0.1, -0.05) is 11.8 Å². The van der Waals surface area contributed by atoms with E-state index < -0.39 is 0 Å². The monoisotopic (exact) mass is 302 g/mol. The first-order chi connectivity index (χ1) is 9.74. The van der Waals surface area contributed by atoms with Crippen LogP contribution in [0, 0.1) is 6.92 Å². The summed E-state index contributed by atoms with van der Waals surface area (Å²) in [7, 11) is 0. The number of hydrogen-bond donors (Lipinski definition) is 1. The lowest BCUT2D eigenvalue weighted by Crippen LogP contribution is -2.02. The van der Waals surface area contributed by atoms with Gasteiger partial charge in [0.2, 0.25) is 0 Å². The second kappa shape index (κ2) is 5.76. The van der Waals surface area contributed by atoms with Crippen molar-refractivity contribution in [2.75, 3.05) is 11.6 Å². The Kier molecular flexibility index (Phi) is 3.84. The second-order valence-corrected chi connectivity index (χ2v) is 6.40. The Morgan fingerprint density at radius 2 is 2.15 bits per heavy atom. The molecule has 0 fully saturated rings. The number of fused-ring (bicyclic) bond motifs is 1. The van der Waals surface area contributed by atoms with Gasteiger partial charge in [-0.05, 0) is 37.4 Å². The van der Waals surface area contributed by atoms with Crippen LogP contribution in [0.3, 0.4) is 0 Å². The van der Waals surface area contributed by atoms with Crippen LogP contribution in [0.15, 0.2) is 34.8 Å². The number of anilines is 1. The van der Waals surface area contributed by atoms with Crippen molar-refractivity contribution in [2.24, 2.45) is 0 Å². The predicted molar refractivity (Wildman–Crippen MR) is 85.5 cm³/mol. The molecule has 1 aromatic carbocycles. The maximum absolute atomic E-state index is 4.54. The highest BCUT2D eigenvalue weighted by molar-refractivity contribution is 8.00. The highest BCUT2D eigenvalue weighted by Crippen LogP contribution is 2.30. The topological polar surface area (TPSA) is 50.7 Å². The zero-order valence-corrected chi connectivity index (χ0v) is 12.9. The van der Waals surface area contributed by atoms with E-state index >= 15 is 0 Å². The Morgan fingerprint density at radius 3 is 2.95 bits per heavy atom. The van der Waals surface area contributed by atoms with Crippen LogP contribution in [0.5, 0.6) is 0 Å². The van der Waals surface area contributed by atoms with Gasteiger partial charge in [0, 0.05) is 11.9 Å². The molecule has 0 saturated heterocycles. The quantitative estimate of drug-likeness (QED) is 0.744. The molecule has 0 amide bonds. The van der Waals surface area contributed by atoms with E-state index in [1.807, 2.05) is 19.2 Å². The van der Waals surface area contributed by atoms with Gasteiger partial charge in [0.15, 0.2) is 4.34 Å². The summed E-state index contributed by atoms with van der Waals surface area (Å²) in [6, 6.07) is 8.18. The predicted octanol–water partition coefficient (Wildman–Crippen LogP) is 3.73. The molecule has 102 valence electrons. The number of thioether (sulfide) groups is 1. The van der Waals surface area contributed by atoms with Gasteiger partial charge in [-0.25, -0.2) is 15.0 Å². The van der Waals surface area contributed by atoms with E-state index in [-0.39, 0.29) is 0 Å². The molecule has 1 N–H and O–H groups in total. The fourth-order valence-corrected chi connectivity index (χ4v) is 3.43. The molecular weight excluding hydrogens is 288 g/mol. The standard InChI is InChI=1S/C14H14N4S2/c1-9-15-6-5-11(17-9)8-16-10-3-4-12-13(7-10)20-14(18-12)19-2/h3-7,16H,8H2,1-2H3. The minimum absolute atomic E-state index is 0.697. The lowest BCUT2D eigenvalue weighted by atomic mass is 10.3. The summed E-state index contributed by atoms with van der Waals surface area (Å²) in [5.74, 6) is 0.798. The van der Waals surface area contributed by atoms with Crippen LogP contribution in [-0.4, -0.2) is 21.2 Å². The first kappa shape index (κ1) is 13.3. The number of nitrogens with zero attached hydrogens (tertiary/aromatic N) is 3. The molecule has 0 bridgehead atoms. The zero-order chi connectivity index (χ0) is 13.9. The van der Waals surface area contributed by atoms with Crippen LogP contribution >= 0.6 is 23.1 Å². The van der Waals surface area contributed by atoms with Crippen molar-refractivity contribution < 1.29 is 0 Å². The van der Waals surface area contributed by atoms with Gasteiger partial charge in [0.1, 0.15) is 5.82 Å². The second-order valence-electron chi connectivity index (χ2n) is 4.32. The summed E-state index contributed by atoms with van der Waals surface area (Å²) in [5, 5.41) is 3.39. The normalized spacial score (nSPS) is 10.9. The number of benzene rings is 1. The molecule has 2 heterocycles. The number of aromatic nitrogens is 3.